The van der Waals surface area contributed by atoms with Gasteiger partial charge < -0.3 is 4.57 Å². The van der Waals surface area contributed by atoms with Crippen LogP contribution in [0.5, 0.6) is 0 Å². The Bertz CT molecular complexity index is 356. The molecule has 1 nitrogen and oxygen atoms in total. The van der Waals surface area contributed by atoms with Crippen LogP contribution < -0.4 is 0 Å². The molecule has 64 valence electrons. The third-order valence-electron chi connectivity index (χ3n) is 1.91. The van der Waals surface area contributed by atoms with E-state index in [0.717, 1.165) is 5.15 Å². The predicted molar refractivity (Wildman–Crippen MR) is 62.5 cm³/mol. The van der Waals surface area contributed by atoms with Gasteiger partial charge in [0.15, 0.2) is 0 Å². The summed E-state index contributed by atoms with van der Waals surface area (Å²) in [5, 5.41) is 0.767. The number of rotatable bonds is 0. The zero-order chi connectivity index (χ0) is 7.84. The summed E-state index contributed by atoms with van der Waals surface area (Å²) in [6.07, 6.45) is 0. The average Bonchev–Trinajstić information content (AvgIpc) is 2.45. The Labute approximate surface area is 93.7 Å². The van der Waals surface area contributed by atoms with Crippen LogP contribution in [-0.4, -0.2) is 4.57 Å². The summed E-state index contributed by atoms with van der Waals surface area (Å²) in [7, 11) is 1.96. The number of nitrogens with zero attached hydrogens (tertiary/aromatic N) is 1. The molecule has 0 atom stereocenters. The molecule has 2 rings (SSSR count). The molecule has 0 aromatic carbocycles. The van der Waals surface area contributed by atoms with Gasteiger partial charge in [-0.2, -0.15) is 0 Å². The Morgan fingerprint density at radius 1 is 1.17 bits per heavy atom. The Morgan fingerprint density at radius 3 is 2.67 bits per heavy atom. The van der Waals surface area contributed by atoms with Crippen molar-refractivity contribution in [3.05, 3.63) is 35.5 Å². The minimum absolute atomic E-state index is 0. The molecule has 1 heterocycles. The minimum Gasteiger partial charge on any atom is -0.335 e. The van der Waals surface area contributed by atoms with E-state index < -0.39 is 0 Å². The molecule has 2 aliphatic rings. The quantitative estimate of drug-likeness (QED) is 0.518. The van der Waals surface area contributed by atoms with Crippen molar-refractivity contribution in [2.24, 2.45) is 7.05 Å². The van der Waals surface area contributed by atoms with Gasteiger partial charge in [0.25, 0.3) is 0 Å². The molecule has 3 heteroatoms. The first kappa shape index (κ1) is 9.86. The normalized spacial score (nSPS) is 9.83. The van der Waals surface area contributed by atoms with Gasteiger partial charge in [-0.15, -0.1) is 24.0 Å². The molecule has 12 heavy (non-hydrogen) atoms. The van der Waals surface area contributed by atoms with E-state index >= 15 is 0 Å². The molecule has 0 aromatic rings. The average molecular weight is 294 g/mol. The van der Waals surface area contributed by atoms with E-state index in [1.807, 2.05) is 29.8 Å². The maximum atomic E-state index is 5.91. The van der Waals surface area contributed by atoms with Crippen molar-refractivity contribution in [3.63, 3.8) is 0 Å². The van der Waals surface area contributed by atoms with Crippen molar-refractivity contribution >= 4 is 35.6 Å². The van der Waals surface area contributed by atoms with Crippen molar-refractivity contribution in [1.82, 2.24) is 4.57 Å². The van der Waals surface area contributed by atoms with Gasteiger partial charge in [0.1, 0.15) is 5.15 Å². The summed E-state index contributed by atoms with van der Waals surface area (Å²) in [4.78, 5) is 0. The Kier molecular flexibility index (Phi) is 3.01. The van der Waals surface area contributed by atoms with E-state index in [2.05, 4.69) is 12.1 Å². The predicted octanol–water partition coefficient (Wildman–Crippen LogP) is 3.40. The molecule has 0 radical (unpaired) electrons. The van der Waals surface area contributed by atoms with Gasteiger partial charge in [0.2, 0.25) is 0 Å². The SMILES string of the molecule is Cn1c(Cl)ccc2cccc1-2.I. The molecular formula is C9H9ClIN. The van der Waals surface area contributed by atoms with Crippen LogP contribution in [0.3, 0.4) is 0 Å². The highest BCUT2D eigenvalue weighted by Gasteiger charge is 2.04. The van der Waals surface area contributed by atoms with Crippen LogP contribution in [0.1, 0.15) is 0 Å². The van der Waals surface area contributed by atoms with E-state index in [1.165, 1.54) is 11.3 Å². The lowest BCUT2D eigenvalue weighted by atomic mass is 10.2. The van der Waals surface area contributed by atoms with Crippen molar-refractivity contribution < 1.29 is 0 Å². The van der Waals surface area contributed by atoms with Crippen LogP contribution in [0.2, 0.25) is 5.15 Å². The van der Waals surface area contributed by atoms with E-state index in [-0.39, 0.29) is 24.0 Å². The largest absolute Gasteiger partial charge is 0.335 e. The van der Waals surface area contributed by atoms with Gasteiger partial charge in [-0.05, 0) is 23.8 Å². The van der Waals surface area contributed by atoms with E-state index in [4.69, 9.17) is 11.6 Å². The zero-order valence-corrected chi connectivity index (χ0v) is 9.71. The second kappa shape index (κ2) is 3.66. The van der Waals surface area contributed by atoms with Crippen LogP contribution in [-0.2, 0) is 7.05 Å². The zero-order valence-electron chi connectivity index (χ0n) is 6.62. The summed E-state index contributed by atoms with van der Waals surface area (Å²) in [6.45, 7) is 0. The molecule has 0 bridgehead atoms. The molecule has 1 aliphatic heterocycles. The van der Waals surface area contributed by atoms with Crippen LogP contribution in [0, 0.1) is 0 Å². The van der Waals surface area contributed by atoms with Gasteiger partial charge in [0.05, 0.1) is 0 Å². The summed E-state index contributed by atoms with van der Waals surface area (Å²) in [6, 6.07) is 10.1. The fourth-order valence-electron chi connectivity index (χ4n) is 1.26. The number of halogens is 2. The topological polar surface area (TPSA) is 4.93 Å². The van der Waals surface area contributed by atoms with Crippen molar-refractivity contribution in [3.8, 4) is 11.3 Å². The molecule has 0 saturated carbocycles. The van der Waals surface area contributed by atoms with Crippen molar-refractivity contribution in [2.75, 3.05) is 0 Å². The lowest BCUT2D eigenvalue weighted by Gasteiger charge is -2.08. The number of fused-ring (bicyclic) bond motifs is 1. The first-order chi connectivity index (χ1) is 5.29. The Morgan fingerprint density at radius 2 is 1.92 bits per heavy atom. The summed E-state index contributed by atoms with van der Waals surface area (Å²) < 4.78 is 1.97. The second-order valence-corrected chi connectivity index (χ2v) is 2.97. The van der Waals surface area contributed by atoms with Crippen molar-refractivity contribution in [1.29, 1.82) is 0 Å². The molecule has 0 saturated heterocycles. The summed E-state index contributed by atoms with van der Waals surface area (Å²) >= 11 is 5.91. The van der Waals surface area contributed by atoms with E-state index in [1.54, 1.807) is 0 Å². The molecule has 0 amide bonds. The number of pyridine rings is 1. The molecular weight excluding hydrogens is 284 g/mol. The van der Waals surface area contributed by atoms with Gasteiger partial charge in [-0.1, -0.05) is 23.7 Å². The molecule has 1 aliphatic carbocycles. The fourth-order valence-corrected chi connectivity index (χ4v) is 1.41. The third kappa shape index (κ3) is 1.45. The third-order valence-corrected chi connectivity index (χ3v) is 2.29. The van der Waals surface area contributed by atoms with Crippen LogP contribution in [0.25, 0.3) is 11.3 Å². The molecule has 0 aromatic heterocycles. The first-order valence-electron chi connectivity index (χ1n) is 3.49. The standard InChI is InChI=1S/C9H8ClN.HI/c1-11-8-4-2-3-7(8)5-6-9(11)10;/h2-6H,1H3;1H. The first-order valence-corrected chi connectivity index (χ1v) is 3.87. The van der Waals surface area contributed by atoms with Crippen molar-refractivity contribution in [2.45, 2.75) is 0 Å². The van der Waals surface area contributed by atoms with Gasteiger partial charge in [0, 0.05) is 12.7 Å². The van der Waals surface area contributed by atoms with E-state index in [9.17, 15) is 0 Å². The molecule has 0 fully saturated rings. The highest BCUT2D eigenvalue weighted by atomic mass is 127. The van der Waals surface area contributed by atoms with Gasteiger partial charge in [-0.25, -0.2) is 0 Å². The lowest BCUT2D eigenvalue weighted by Crippen LogP contribution is -1.95. The number of hydrogen-bond acceptors (Lipinski definition) is 0. The van der Waals surface area contributed by atoms with Gasteiger partial charge >= 0.3 is 0 Å². The number of aromatic nitrogens is 1. The maximum Gasteiger partial charge on any atom is 0.109 e. The summed E-state index contributed by atoms with van der Waals surface area (Å²) in [5.41, 5.74) is 2.41. The molecule has 0 unspecified atom stereocenters. The minimum atomic E-state index is 0. The Balaban J connectivity index is 0.000000720. The fraction of sp³-hybridized carbons (Fsp3) is 0.111. The molecule has 0 N–H and O–H groups in total. The monoisotopic (exact) mass is 293 g/mol. The van der Waals surface area contributed by atoms with E-state index in [0.29, 0.717) is 0 Å². The van der Waals surface area contributed by atoms with Crippen LogP contribution in [0.4, 0.5) is 0 Å². The number of hydrogen-bond donors (Lipinski definition) is 0. The highest BCUT2D eigenvalue weighted by molar-refractivity contribution is 14.0. The maximum absolute atomic E-state index is 5.91. The van der Waals surface area contributed by atoms with Crippen LogP contribution in [0.15, 0.2) is 30.3 Å². The Hall–Kier alpha value is -0.220. The molecule has 0 spiro atoms. The lowest BCUT2D eigenvalue weighted by molar-refractivity contribution is 0.918. The smallest absolute Gasteiger partial charge is 0.109 e. The van der Waals surface area contributed by atoms with Crippen LogP contribution >= 0.6 is 35.6 Å². The highest BCUT2D eigenvalue weighted by Crippen LogP contribution is 2.25. The second-order valence-electron chi connectivity index (χ2n) is 2.58. The van der Waals surface area contributed by atoms with Gasteiger partial charge in [-0.3, -0.25) is 0 Å². The summed E-state index contributed by atoms with van der Waals surface area (Å²) in [5.74, 6) is 0.